The number of nitrogens with zero attached hydrogens (tertiary/aromatic N) is 4. The van der Waals surface area contributed by atoms with Crippen molar-refractivity contribution in [1.29, 1.82) is 0 Å². The molecule has 0 bridgehead atoms. The number of hydrogen-bond acceptors (Lipinski definition) is 6. The molecule has 6 heteroatoms. The van der Waals surface area contributed by atoms with Gasteiger partial charge in [0.25, 0.3) is 0 Å². The summed E-state index contributed by atoms with van der Waals surface area (Å²) in [7, 11) is 0. The molecule has 0 amide bonds. The topological polar surface area (TPSA) is 90.7 Å². The minimum absolute atomic E-state index is 0.178. The second-order valence-corrected chi connectivity index (χ2v) is 6.17. The summed E-state index contributed by atoms with van der Waals surface area (Å²) >= 11 is 0. The standard InChI is InChI=1S/C15H21N5O/c1-10-3-5-15(9-16,6-4-10)14-19-13(20-21-14)12-17-7-11(2)8-18-12/h7-8,10H,3-6,9,16H2,1-2H3. The van der Waals surface area contributed by atoms with E-state index in [9.17, 15) is 0 Å². The van der Waals surface area contributed by atoms with Crippen LogP contribution in [0.5, 0.6) is 0 Å². The zero-order valence-corrected chi connectivity index (χ0v) is 12.5. The first-order valence-electron chi connectivity index (χ1n) is 7.46. The second-order valence-electron chi connectivity index (χ2n) is 6.17. The maximum absolute atomic E-state index is 6.02. The summed E-state index contributed by atoms with van der Waals surface area (Å²) in [4.78, 5) is 13.0. The van der Waals surface area contributed by atoms with Crippen molar-refractivity contribution in [2.75, 3.05) is 6.54 Å². The minimum Gasteiger partial charge on any atom is -0.338 e. The van der Waals surface area contributed by atoms with E-state index in [0.717, 1.165) is 37.2 Å². The molecule has 2 heterocycles. The van der Waals surface area contributed by atoms with Crippen LogP contribution in [0.4, 0.5) is 0 Å². The summed E-state index contributed by atoms with van der Waals surface area (Å²) in [6, 6.07) is 0. The van der Waals surface area contributed by atoms with Crippen LogP contribution in [-0.4, -0.2) is 26.7 Å². The molecule has 21 heavy (non-hydrogen) atoms. The molecule has 0 aliphatic heterocycles. The quantitative estimate of drug-likeness (QED) is 0.931. The van der Waals surface area contributed by atoms with Gasteiger partial charge < -0.3 is 10.3 Å². The highest BCUT2D eigenvalue weighted by atomic mass is 16.5. The molecule has 2 N–H and O–H groups in total. The molecule has 1 fully saturated rings. The fourth-order valence-corrected chi connectivity index (χ4v) is 2.86. The molecule has 112 valence electrons. The lowest BCUT2D eigenvalue weighted by molar-refractivity contribution is 0.191. The molecule has 1 aliphatic rings. The summed E-state index contributed by atoms with van der Waals surface area (Å²) in [5.74, 6) is 2.31. The average Bonchev–Trinajstić information content (AvgIpc) is 3.00. The average molecular weight is 287 g/mol. The van der Waals surface area contributed by atoms with Crippen LogP contribution in [0.3, 0.4) is 0 Å². The molecule has 2 aromatic heterocycles. The highest BCUT2D eigenvalue weighted by Crippen LogP contribution is 2.40. The van der Waals surface area contributed by atoms with Gasteiger partial charge in [-0.2, -0.15) is 4.98 Å². The van der Waals surface area contributed by atoms with Crippen molar-refractivity contribution >= 4 is 0 Å². The molecule has 0 unspecified atom stereocenters. The zero-order valence-electron chi connectivity index (χ0n) is 12.5. The Bertz CT molecular complexity index is 599. The van der Waals surface area contributed by atoms with E-state index < -0.39 is 0 Å². The summed E-state index contributed by atoms with van der Waals surface area (Å²) in [5, 5.41) is 4.04. The fraction of sp³-hybridized carbons (Fsp3) is 0.600. The van der Waals surface area contributed by atoms with E-state index in [1.54, 1.807) is 12.4 Å². The SMILES string of the molecule is Cc1cnc(-c2noc(C3(CN)CCC(C)CC3)n2)nc1. The van der Waals surface area contributed by atoms with Gasteiger partial charge in [0.15, 0.2) is 0 Å². The van der Waals surface area contributed by atoms with Crippen LogP contribution in [-0.2, 0) is 5.41 Å². The first kappa shape index (κ1) is 14.1. The van der Waals surface area contributed by atoms with Crippen LogP contribution in [0.1, 0.15) is 44.1 Å². The molecule has 0 spiro atoms. The molecular formula is C15H21N5O. The first-order chi connectivity index (χ1) is 10.1. The number of rotatable bonds is 3. The van der Waals surface area contributed by atoms with E-state index >= 15 is 0 Å². The Hall–Kier alpha value is -1.82. The van der Waals surface area contributed by atoms with E-state index in [-0.39, 0.29) is 5.41 Å². The van der Waals surface area contributed by atoms with Gasteiger partial charge in [0.1, 0.15) is 0 Å². The van der Waals surface area contributed by atoms with Crippen LogP contribution in [0.25, 0.3) is 11.6 Å². The predicted molar refractivity (Wildman–Crippen MR) is 78.4 cm³/mol. The molecule has 6 nitrogen and oxygen atoms in total. The summed E-state index contributed by atoms with van der Waals surface area (Å²) in [6.07, 6.45) is 7.80. The van der Waals surface area contributed by atoms with Gasteiger partial charge >= 0.3 is 0 Å². The Kier molecular flexibility index (Phi) is 3.71. The third-order valence-corrected chi connectivity index (χ3v) is 4.48. The van der Waals surface area contributed by atoms with E-state index in [1.165, 1.54) is 0 Å². The Morgan fingerprint density at radius 1 is 1.24 bits per heavy atom. The summed E-state index contributed by atoms with van der Waals surface area (Å²) in [6.45, 7) is 4.76. The minimum atomic E-state index is -0.178. The number of aromatic nitrogens is 4. The smallest absolute Gasteiger partial charge is 0.240 e. The highest BCUT2D eigenvalue weighted by molar-refractivity contribution is 5.41. The molecule has 3 rings (SSSR count). The Morgan fingerprint density at radius 3 is 2.52 bits per heavy atom. The number of aryl methyl sites for hydroxylation is 1. The van der Waals surface area contributed by atoms with Gasteiger partial charge in [-0.3, -0.25) is 0 Å². The fourth-order valence-electron chi connectivity index (χ4n) is 2.86. The lowest BCUT2D eigenvalue weighted by Gasteiger charge is -2.35. The van der Waals surface area contributed by atoms with Gasteiger partial charge in [-0.1, -0.05) is 12.1 Å². The van der Waals surface area contributed by atoms with Crippen molar-refractivity contribution in [3.8, 4) is 11.6 Å². The van der Waals surface area contributed by atoms with Gasteiger partial charge in [0, 0.05) is 18.9 Å². The Balaban J connectivity index is 1.88. The van der Waals surface area contributed by atoms with Gasteiger partial charge in [-0.25, -0.2) is 9.97 Å². The van der Waals surface area contributed by atoms with Crippen molar-refractivity contribution < 1.29 is 4.52 Å². The molecule has 2 aromatic rings. The normalized spacial score (nSPS) is 26.0. The molecular weight excluding hydrogens is 266 g/mol. The maximum atomic E-state index is 6.02. The second kappa shape index (κ2) is 5.52. The highest BCUT2D eigenvalue weighted by Gasteiger charge is 2.39. The van der Waals surface area contributed by atoms with E-state index in [0.29, 0.717) is 24.1 Å². The third-order valence-electron chi connectivity index (χ3n) is 4.48. The van der Waals surface area contributed by atoms with Gasteiger partial charge in [-0.15, -0.1) is 0 Å². The Morgan fingerprint density at radius 2 is 1.90 bits per heavy atom. The Labute approximate surface area is 124 Å². The molecule has 0 atom stereocenters. The van der Waals surface area contributed by atoms with Crippen molar-refractivity contribution in [2.45, 2.75) is 44.9 Å². The van der Waals surface area contributed by atoms with E-state index in [1.807, 2.05) is 6.92 Å². The van der Waals surface area contributed by atoms with Gasteiger partial charge in [0.2, 0.25) is 17.5 Å². The van der Waals surface area contributed by atoms with Crippen LogP contribution in [0, 0.1) is 12.8 Å². The molecule has 0 aromatic carbocycles. The maximum Gasteiger partial charge on any atom is 0.240 e. The molecule has 1 saturated carbocycles. The van der Waals surface area contributed by atoms with Gasteiger partial charge in [-0.05, 0) is 44.1 Å². The van der Waals surface area contributed by atoms with Crippen LogP contribution >= 0.6 is 0 Å². The van der Waals surface area contributed by atoms with Crippen molar-refractivity contribution in [1.82, 2.24) is 20.1 Å². The molecule has 0 radical (unpaired) electrons. The summed E-state index contributed by atoms with van der Waals surface area (Å²) in [5.41, 5.74) is 6.85. The summed E-state index contributed by atoms with van der Waals surface area (Å²) < 4.78 is 5.50. The van der Waals surface area contributed by atoms with Crippen molar-refractivity contribution in [3.05, 3.63) is 23.8 Å². The van der Waals surface area contributed by atoms with Crippen LogP contribution in [0.2, 0.25) is 0 Å². The first-order valence-corrected chi connectivity index (χ1v) is 7.46. The number of hydrogen-bond donors (Lipinski definition) is 1. The lowest BCUT2D eigenvalue weighted by Crippen LogP contribution is -2.39. The van der Waals surface area contributed by atoms with Gasteiger partial charge in [0.05, 0.1) is 5.41 Å². The van der Waals surface area contributed by atoms with E-state index in [4.69, 9.17) is 10.3 Å². The van der Waals surface area contributed by atoms with Crippen molar-refractivity contribution in [2.24, 2.45) is 11.7 Å². The van der Waals surface area contributed by atoms with Crippen LogP contribution < -0.4 is 5.73 Å². The zero-order chi connectivity index (χ0) is 14.9. The monoisotopic (exact) mass is 287 g/mol. The van der Waals surface area contributed by atoms with Crippen LogP contribution in [0.15, 0.2) is 16.9 Å². The number of nitrogens with two attached hydrogens (primary N) is 1. The lowest BCUT2D eigenvalue weighted by atomic mass is 9.71. The largest absolute Gasteiger partial charge is 0.338 e. The third kappa shape index (κ3) is 2.68. The predicted octanol–water partition coefficient (Wildman–Crippen LogP) is 2.24. The molecule has 1 aliphatic carbocycles. The molecule has 0 saturated heterocycles. The van der Waals surface area contributed by atoms with E-state index in [2.05, 4.69) is 27.0 Å². The van der Waals surface area contributed by atoms with Crippen molar-refractivity contribution in [3.63, 3.8) is 0 Å².